The van der Waals surface area contributed by atoms with Crippen molar-refractivity contribution in [2.75, 3.05) is 19.8 Å². The van der Waals surface area contributed by atoms with Gasteiger partial charge < -0.3 is 14.6 Å². The smallest absolute Gasteiger partial charge is 0.338 e. The Labute approximate surface area is 121 Å². The quantitative estimate of drug-likeness (QED) is 0.385. The Kier molecular flexibility index (Phi) is 13.2. The monoisotopic (exact) mass is 289 g/mol. The molecule has 0 aromatic rings. The van der Waals surface area contributed by atoms with Crippen LogP contribution in [-0.2, 0) is 8.85 Å². The van der Waals surface area contributed by atoms with Gasteiger partial charge in [0.15, 0.2) is 0 Å². The molecule has 19 heavy (non-hydrogen) atoms. The van der Waals surface area contributed by atoms with Gasteiger partial charge in [-0.1, -0.05) is 46.5 Å². The Hall–Kier alpha value is 0.0969. The van der Waals surface area contributed by atoms with Crippen LogP contribution >= 0.6 is 0 Å². The van der Waals surface area contributed by atoms with E-state index in [1.807, 2.05) is 0 Å². The fourth-order valence-corrected chi connectivity index (χ4v) is 5.67. The molecule has 0 heterocycles. The van der Waals surface area contributed by atoms with Crippen LogP contribution in [-0.4, -0.2) is 28.3 Å². The van der Waals surface area contributed by atoms with Gasteiger partial charge in [-0.3, -0.25) is 0 Å². The molecule has 0 rings (SSSR count). The lowest BCUT2D eigenvalue weighted by Crippen LogP contribution is -2.42. The second kappa shape index (κ2) is 13.1. The average Bonchev–Trinajstić information content (AvgIpc) is 2.40. The number of unbranched alkanes of at least 4 members (excludes halogenated alkanes) is 3. The van der Waals surface area contributed by atoms with E-state index in [4.69, 9.17) is 14.6 Å². The maximum Gasteiger partial charge on any atom is 0.338 e. The van der Waals surface area contributed by atoms with Crippen LogP contribution in [0.3, 0.4) is 0 Å². The molecule has 0 radical (unpaired) electrons. The molecule has 2 N–H and O–H groups in total. The highest BCUT2D eigenvalue weighted by Crippen LogP contribution is 2.24. The standard InChI is InChI=1S/C15H35NO2Si/c1-4-7-12-17-19(14-6-3,15-10-9-11-16)18-13-8-5-2/h4-16H2,1-3H3. The second-order valence-corrected chi connectivity index (χ2v) is 8.71. The van der Waals surface area contributed by atoms with Gasteiger partial charge in [-0.05, 0) is 37.9 Å². The lowest BCUT2D eigenvalue weighted by molar-refractivity contribution is 0.161. The van der Waals surface area contributed by atoms with Crippen molar-refractivity contribution in [2.45, 2.75) is 77.8 Å². The first-order valence-corrected chi connectivity index (χ1v) is 10.5. The summed E-state index contributed by atoms with van der Waals surface area (Å²) in [6.07, 6.45) is 8.07. The van der Waals surface area contributed by atoms with Gasteiger partial charge in [0.2, 0.25) is 0 Å². The summed E-state index contributed by atoms with van der Waals surface area (Å²) in [6.45, 7) is 9.17. The van der Waals surface area contributed by atoms with Crippen molar-refractivity contribution >= 4 is 8.56 Å². The molecule has 0 saturated heterocycles. The maximum atomic E-state index is 6.28. The summed E-state index contributed by atoms with van der Waals surface area (Å²) in [5.74, 6) is 0. The van der Waals surface area contributed by atoms with Crippen LogP contribution in [0.25, 0.3) is 0 Å². The van der Waals surface area contributed by atoms with Crippen LogP contribution in [0, 0.1) is 0 Å². The summed E-state index contributed by atoms with van der Waals surface area (Å²) in [5, 5.41) is 0. The van der Waals surface area contributed by atoms with Gasteiger partial charge in [-0.15, -0.1) is 0 Å². The minimum absolute atomic E-state index is 0.778. The van der Waals surface area contributed by atoms with Crippen LogP contribution in [0.5, 0.6) is 0 Å². The first-order valence-electron chi connectivity index (χ1n) is 8.22. The summed E-state index contributed by atoms with van der Waals surface area (Å²) < 4.78 is 12.6. The van der Waals surface area contributed by atoms with Crippen molar-refractivity contribution in [1.82, 2.24) is 0 Å². The van der Waals surface area contributed by atoms with E-state index in [1.54, 1.807) is 0 Å². The van der Waals surface area contributed by atoms with Crippen LogP contribution in [0.1, 0.15) is 65.7 Å². The normalized spacial score (nSPS) is 12.0. The van der Waals surface area contributed by atoms with Gasteiger partial charge in [0.1, 0.15) is 0 Å². The number of hydrogen-bond acceptors (Lipinski definition) is 3. The summed E-state index contributed by atoms with van der Waals surface area (Å²) >= 11 is 0. The molecule has 116 valence electrons. The first-order chi connectivity index (χ1) is 9.24. The highest BCUT2D eigenvalue weighted by atomic mass is 28.4. The summed E-state index contributed by atoms with van der Waals surface area (Å²) in [7, 11) is -1.96. The van der Waals surface area contributed by atoms with Crippen molar-refractivity contribution in [3.63, 3.8) is 0 Å². The van der Waals surface area contributed by atoms with Crippen molar-refractivity contribution in [3.05, 3.63) is 0 Å². The topological polar surface area (TPSA) is 44.5 Å². The van der Waals surface area contributed by atoms with Gasteiger partial charge >= 0.3 is 8.56 Å². The molecule has 0 aliphatic heterocycles. The highest BCUT2D eigenvalue weighted by Gasteiger charge is 2.35. The predicted molar refractivity (Wildman–Crippen MR) is 85.7 cm³/mol. The van der Waals surface area contributed by atoms with Crippen molar-refractivity contribution in [2.24, 2.45) is 5.73 Å². The van der Waals surface area contributed by atoms with Crippen LogP contribution in [0.15, 0.2) is 0 Å². The molecular formula is C15H35NO2Si. The molecule has 0 aliphatic carbocycles. The lowest BCUT2D eigenvalue weighted by Gasteiger charge is -2.31. The molecule has 0 aromatic carbocycles. The van der Waals surface area contributed by atoms with E-state index in [2.05, 4.69) is 20.8 Å². The zero-order valence-electron chi connectivity index (χ0n) is 13.4. The largest absolute Gasteiger partial charge is 0.394 e. The number of hydrogen-bond donors (Lipinski definition) is 1. The maximum absolute atomic E-state index is 6.28. The van der Waals surface area contributed by atoms with Gasteiger partial charge in [0, 0.05) is 13.2 Å². The Morgan fingerprint density at radius 1 is 0.737 bits per heavy atom. The van der Waals surface area contributed by atoms with Crippen LogP contribution < -0.4 is 5.73 Å². The minimum atomic E-state index is -1.96. The average molecular weight is 290 g/mol. The van der Waals surface area contributed by atoms with E-state index in [-0.39, 0.29) is 0 Å². The molecule has 0 aromatic heterocycles. The molecule has 0 atom stereocenters. The SMILES string of the molecule is CCCCO[Si](CCC)(CCCCN)OCCCC. The van der Waals surface area contributed by atoms with Crippen molar-refractivity contribution < 1.29 is 8.85 Å². The molecule has 0 spiro atoms. The van der Waals surface area contributed by atoms with Crippen molar-refractivity contribution in [1.29, 1.82) is 0 Å². The Balaban J connectivity index is 4.37. The molecule has 0 unspecified atom stereocenters. The Morgan fingerprint density at radius 3 is 1.74 bits per heavy atom. The molecular weight excluding hydrogens is 254 g/mol. The van der Waals surface area contributed by atoms with Gasteiger partial charge in [-0.25, -0.2) is 0 Å². The van der Waals surface area contributed by atoms with E-state index in [0.29, 0.717) is 0 Å². The highest BCUT2D eigenvalue weighted by molar-refractivity contribution is 6.67. The van der Waals surface area contributed by atoms with E-state index >= 15 is 0 Å². The predicted octanol–water partition coefficient (Wildman–Crippen LogP) is 4.21. The molecule has 0 saturated carbocycles. The number of nitrogens with two attached hydrogens (primary N) is 1. The van der Waals surface area contributed by atoms with E-state index < -0.39 is 8.56 Å². The minimum Gasteiger partial charge on any atom is -0.394 e. The Bertz CT molecular complexity index is 164. The molecule has 0 aliphatic rings. The van der Waals surface area contributed by atoms with Crippen LogP contribution in [0.2, 0.25) is 12.1 Å². The van der Waals surface area contributed by atoms with E-state index in [0.717, 1.165) is 64.0 Å². The van der Waals surface area contributed by atoms with E-state index in [9.17, 15) is 0 Å². The third-order valence-electron chi connectivity index (χ3n) is 3.37. The summed E-state index contributed by atoms with van der Waals surface area (Å²) in [5.41, 5.74) is 5.61. The van der Waals surface area contributed by atoms with Gasteiger partial charge in [0.05, 0.1) is 0 Å². The zero-order chi connectivity index (χ0) is 14.4. The Morgan fingerprint density at radius 2 is 1.32 bits per heavy atom. The molecule has 0 fully saturated rings. The summed E-state index contributed by atoms with van der Waals surface area (Å²) in [4.78, 5) is 0. The van der Waals surface area contributed by atoms with Crippen LogP contribution in [0.4, 0.5) is 0 Å². The third-order valence-corrected chi connectivity index (χ3v) is 7.21. The second-order valence-electron chi connectivity index (χ2n) is 5.31. The van der Waals surface area contributed by atoms with Gasteiger partial charge in [-0.2, -0.15) is 0 Å². The number of rotatable bonds is 14. The first kappa shape index (κ1) is 19.1. The lowest BCUT2D eigenvalue weighted by atomic mass is 10.3. The zero-order valence-corrected chi connectivity index (χ0v) is 14.4. The summed E-state index contributed by atoms with van der Waals surface area (Å²) in [6, 6.07) is 2.25. The fourth-order valence-electron chi connectivity index (χ4n) is 2.18. The molecule has 0 amide bonds. The molecule has 3 nitrogen and oxygen atoms in total. The molecule has 4 heteroatoms. The molecule has 0 bridgehead atoms. The van der Waals surface area contributed by atoms with Crippen molar-refractivity contribution in [3.8, 4) is 0 Å². The van der Waals surface area contributed by atoms with Gasteiger partial charge in [0.25, 0.3) is 0 Å². The third kappa shape index (κ3) is 9.60. The fraction of sp³-hybridized carbons (Fsp3) is 1.00. The van der Waals surface area contributed by atoms with E-state index in [1.165, 1.54) is 12.8 Å².